The van der Waals surface area contributed by atoms with Gasteiger partial charge in [0.05, 0.1) is 0 Å². The zero-order valence-electron chi connectivity index (χ0n) is 8.89. The van der Waals surface area contributed by atoms with E-state index in [0.29, 0.717) is 12.0 Å². The predicted octanol–water partition coefficient (Wildman–Crippen LogP) is 3.82. The molecular weight excluding hydrogens is 259 g/mol. The SMILES string of the molecule is CC(C)(CBr)CC(=O)c1ccc(F)cc1. The fraction of sp³-hybridized carbons (Fsp3) is 0.417. The van der Waals surface area contributed by atoms with E-state index in [1.807, 2.05) is 13.8 Å². The normalized spacial score (nSPS) is 11.5. The van der Waals surface area contributed by atoms with Gasteiger partial charge >= 0.3 is 0 Å². The van der Waals surface area contributed by atoms with Gasteiger partial charge in [-0.25, -0.2) is 4.39 Å². The quantitative estimate of drug-likeness (QED) is 0.602. The number of rotatable bonds is 4. The molecule has 0 bridgehead atoms. The molecule has 15 heavy (non-hydrogen) atoms. The van der Waals surface area contributed by atoms with Gasteiger partial charge in [-0.15, -0.1) is 0 Å². The third-order valence-corrected chi connectivity index (χ3v) is 3.69. The summed E-state index contributed by atoms with van der Waals surface area (Å²) in [5.41, 5.74) is 0.510. The van der Waals surface area contributed by atoms with Gasteiger partial charge in [0.15, 0.2) is 5.78 Å². The van der Waals surface area contributed by atoms with Crippen LogP contribution in [-0.4, -0.2) is 11.1 Å². The predicted molar refractivity (Wildman–Crippen MR) is 62.9 cm³/mol. The second-order valence-electron chi connectivity index (χ2n) is 4.40. The van der Waals surface area contributed by atoms with Gasteiger partial charge in [-0.1, -0.05) is 29.8 Å². The van der Waals surface area contributed by atoms with Crippen LogP contribution in [0.4, 0.5) is 4.39 Å². The number of carbonyl (C=O) groups is 1. The average molecular weight is 273 g/mol. The summed E-state index contributed by atoms with van der Waals surface area (Å²) in [5, 5.41) is 0.771. The molecule has 0 atom stereocenters. The van der Waals surface area contributed by atoms with E-state index in [4.69, 9.17) is 0 Å². The fourth-order valence-corrected chi connectivity index (χ4v) is 1.42. The van der Waals surface area contributed by atoms with Crippen LogP contribution in [-0.2, 0) is 0 Å². The standard InChI is InChI=1S/C12H14BrFO/c1-12(2,8-13)7-11(15)9-3-5-10(14)6-4-9/h3-6H,7-8H2,1-2H3. The minimum absolute atomic E-state index is 0.0550. The van der Waals surface area contributed by atoms with Crippen molar-refractivity contribution in [2.75, 3.05) is 5.33 Å². The third kappa shape index (κ3) is 3.74. The molecule has 1 aromatic carbocycles. The number of halogens is 2. The molecule has 1 rings (SSSR count). The lowest BCUT2D eigenvalue weighted by molar-refractivity contribution is 0.0942. The van der Waals surface area contributed by atoms with E-state index in [0.717, 1.165) is 5.33 Å². The molecule has 1 nitrogen and oxygen atoms in total. The molecule has 1 aromatic rings. The Kier molecular flexibility index (Phi) is 4.03. The number of ketones is 1. The fourth-order valence-electron chi connectivity index (χ4n) is 1.22. The topological polar surface area (TPSA) is 17.1 Å². The van der Waals surface area contributed by atoms with Gasteiger partial charge in [0.1, 0.15) is 5.82 Å². The summed E-state index contributed by atoms with van der Waals surface area (Å²) in [6.45, 7) is 4.03. The third-order valence-electron chi connectivity index (χ3n) is 2.17. The molecule has 0 aromatic heterocycles. The van der Waals surface area contributed by atoms with Gasteiger partial charge in [-0.05, 0) is 29.7 Å². The van der Waals surface area contributed by atoms with Gasteiger partial charge in [-0.3, -0.25) is 4.79 Å². The molecule has 0 aliphatic carbocycles. The highest BCUT2D eigenvalue weighted by molar-refractivity contribution is 9.09. The summed E-state index contributed by atoms with van der Waals surface area (Å²) in [4.78, 5) is 11.8. The molecule has 0 amide bonds. The molecule has 0 aliphatic rings. The summed E-state index contributed by atoms with van der Waals surface area (Å²) in [6.07, 6.45) is 0.462. The summed E-state index contributed by atoms with van der Waals surface area (Å²) in [6, 6.07) is 5.69. The maximum absolute atomic E-state index is 12.6. The second-order valence-corrected chi connectivity index (χ2v) is 4.97. The van der Waals surface area contributed by atoms with Crippen molar-refractivity contribution in [1.82, 2.24) is 0 Å². The van der Waals surface area contributed by atoms with E-state index >= 15 is 0 Å². The van der Waals surface area contributed by atoms with Crippen molar-refractivity contribution in [1.29, 1.82) is 0 Å². The molecule has 0 N–H and O–H groups in total. The minimum Gasteiger partial charge on any atom is -0.294 e. The highest BCUT2D eigenvalue weighted by Crippen LogP contribution is 2.25. The molecule has 0 radical (unpaired) electrons. The molecule has 0 saturated heterocycles. The largest absolute Gasteiger partial charge is 0.294 e. The lowest BCUT2D eigenvalue weighted by atomic mass is 9.88. The summed E-state index contributed by atoms with van der Waals surface area (Å²) in [7, 11) is 0. The van der Waals surface area contributed by atoms with Crippen LogP contribution in [0, 0.1) is 11.2 Å². The Morgan fingerprint density at radius 1 is 1.33 bits per heavy atom. The van der Waals surface area contributed by atoms with Crippen LogP contribution >= 0.6 is 15.9 Å². The number of benzene rings is 1. The first-order valence-electron chi connectivity index (χ1n) is 4.79. The van der Waals surface area contributed by atoms with Crippen molar-refractivity contribution >= 4 is 21.7 Å². The van der Waals surface area contributed by atoms with E-state index in [2.05, 4.69) is 15.9 Å². The van der Waals surface area contributed by atoms with Gasteiger partial charge in [0.2, 0.25) is 0 Å². The molecule has 0 unspecified atom stereocenters. The lowest BCUT2D eigenvalue weighted by Gasteiger charge is -2.20. The van der Waals surface area contributed by atoms with Crippen molar-refractivity contribution < 1.29 is 9.18 Å². The highest BCUT2D eigenvalue weighted by atomic mass is 79.9. The minimum atomic E-state index is -0.314. The number of alkyl halides is 1. The average Bonchev–Trinajstić information content (AvgIpc) is 2.18. The number of carbonyl (C=O) groups excluding carboxylic acids is 1. The first-order valence-corrected chi connectivity index (χ1v) is 5.91. The van der Waals surface area contributed by atoms with Gasteiger partial charge in [-0.2, -0.15) is 0 Å². The van der Waals surface area contributed by atoms with E-state index in [-0.39, 0.29) is 17.0 Å². The van der Waals surface area contributed by atoms with Gasteiger partial charge in [0, 0.05) is 17.3 Å². The Balaban J connectivity index is 2.74. The van der Waals surface area contributed by atoms with Crippen LogP contribution in [0.1, 0.15) is 30.6 Å². The van der Waals surface area contributed by atoms with Crippen LogP contribution < -0.4 is 0 Å². The Bertz CT molecular complexity index is 343. The first-order chi connectivity index (χ1) is 6.94. The van der Waals surface area contributed by atoms with Crippen LogP contribution in [0.3, 0.4) is 0 Å². The summed E-state index contributed by atoms with van der Waals surface area (Å²) < 4.78 is 12.6. The molecule has 0 fully saturated rings. The molecule has 0 heterocycles. The van der Waals surface area contributed by atoms with Crippen LogP contribution in [0.15, 0.2) is 24.3 Å². The molecule has 0 spiro atoms. The van der Waals surface area contributed by atoms with Crippen molar-refractivity contribution in [3.8, 4) is 0 Å². The highest BCUT2D eigenvalue weighted by Gasteiger charge is 2.21. The second kappa shape index (κ2) is 4.88. The summed E-state index contributed by atoms with van der Waals surface area (Å²) in [5.74, 6) is -0.259. The Morgan fingerprint density at radius 2 is 1.87 bits per heavy atom. The molecule has 0 saturated carbocycles. The molecule has 3 heteroatoms. The van der Waals surface area contributed by atoms with Crippen molar-refractivity contribution in [3.05, 3.63) is 35.6 Å². The van der Waals surface area contributed by atoms with Gasteiger partial charge < -0.3 is 0 Å². The lowest BCUT2D eigenvalue weighted by Crippen LogP contribution is -2.18. The Hall–Kier alpha value is -0.700. The zero-order chi connectivity index (χ0) is 11.5. The van der Waals surface area contributed by atoms with Crippen LogP contribution in [0.2, 0.25) is 0 Å². The van der Waals surface area contributed by atoms with Gasteiger partial charge in [0.25, 0.3) is 0 Å². The molecule has 82 valence electrons. The maximum Gasteiger partial charge on any atom is 0.163 e. The van der Waals surface area contributed by atoms with Crippen LogP contribution in [0.5, 0.6) is 0 Å². The number of hydrogen-bond acceptors (Lipinski definition) is 1. The maximum atomic E-state index is 12.6. The molecular formula is C12H14BrFO. The number of Topliss-reactive ketones (excluding diaryl/α,β-unsaturated/α-hetero) is 1. The van der Waals surface area contributed by atoms with Crippen molar-refractivity contribution in [2.45, 2.75) is 20.3 Å². The van der Waals surface area contributed by atoms with E-state index < -0.39 is 0 Å². The van der Waals surface area contributed by atoms with E-state index in [9.17, 15) is 9.18 Å². The van der Waals surface area contributed by atoms with Crippen LogP contribution in [0.25, 0.3) is 0 Å². The molecule has 0 aliphatic heterocycles. The van der Waals surface area contributed by atoms with Crippen molar-refractivity contribution in [3.63, 3.8) is 0 Å². The van der Waals surface area contributed by atoms with E-state index in [1.54, 1.807) is 0 Å². The Labute approximate surface area is 97.8 Å². The monoisotopic (exact) mass is 272 g/mol. The number of hydrogen-bond donors (Lipinski definition) is 0. The van der Waals surface area contributed by atoms with Crippen molar-refractivity contribution in [2.24, 2.45) is 5.41 Å². The van der Waals surface area contributed by atoms with E-state index in [1.165, 1.54) is 24.3 Å². The summed E-state index contributed by atoms with van der Waals surface area (Å²) >= 11 is 3.37. The smallest absolute Gasteiger partial charge is 0.163 e. The zero-order valence-corrected chi connectivity index (χ0v) is 10.5. The Morgan fingerprint density at radius 3 is 2.33 bits per heavy atom. The first kappa shape index (κ1) is 12.4.